The molecule has 0 fully saturated rings. The second kappa shape index (κ2) is 5.62. The van der Waals surface area contributed by atoms with Crippen molar-refractivity contribution in [3.05, 3.63) is 69.5 Å². The smallest absolute Gasteiger partial charge is 0.417 e. The summed E-state index contributed by atoms with van der Waals surface area (Å²) in [6.45, 7) is 0. The molecule has 3 rings (SSSR count). The molecule has 1 aromatic heterocycles. The Labute approximate surface area is 133 Å². The zero-order valence-electron chi connectivity index (χ0n) is 11.4. The van der Waals surface area contributed by atoms with E-state index in [2.05, 4.69) is 5.32 Å². The van der Waals surface area contributed by atoms with Gasteiger partial charge in [0.15, 0.2) is 0 Å². The van der Waals surface area contributed by atoms with Gasteiger partial charge in [-0.3, -0.25) is 0 Å². The fraction of sp³-hybridized carbons (Fsp3) is 0.0625. The molecule has 2 aromatic carbocycles. The van der Waals surface area contributed by atoms with Crippen LogP contribution < -0.4 is 10.9 Å². The van der Waals surface area contributed by atoms with E-state index in [0.717, 1.165) is 6.07 Å². The molecule has 3 nitrogen and oxygen atoms in total. The maximum atomic E-state index is 12.9. The summed E-state index contributed by atoms with van der Waals surface area (Å²) in [4.78, 5) is 11.6. The average Bonchev–Trinajstić information content (AvgIpc) is 2.48. The fourth-order valence-corrected chi connectivity index (χ4v) is 2.49. The first-order valence-corrected chi connectivity index (χ1v) is 6.89. The molecule has 0 aliphatic heterocycles. The molecule has 7 heteroatoms. The second-order valence-electron chi connectivity index (χ2n) is 4.77. The molecule has 0 atom stereocenters. The van der Waals surface area contributed by atoms with Crippen LogP contribution in [0.2, 0.25) is 5.02 Å². The zero-order valence-corrected chi connectivity index (χ0v) is 12.2. The lowest BCUT2D eigenvalue weighted by Crippen LogP contribution is -2.07. The van der Waals surface area contributed by atoms with Crippen LogP contribution in [-0.2, 0) is 6.18 Å². The van der Waals surface area contributed by atoms with Gasteiger partial charge < -0.3 is 9.73 Å². The number of para-hydroxylation sites is 1. The Balaban J connectivity index is 2.12. The molecule has 0 amide bonds. The molecule has 0 aliphatic rings. The third-order valence-corrected chi connectivity index (χ3v) is 3.63. The quantitative estimate of drug-likeness (QED) is 0.652. The molecule has 1 N–H and O–H groups in total. The Morgan fingerprint density at radius 1 is 1.00 bits per heavy atom. The van der Waals surface area contributed by atoms with E-state index in [0.29, 0.717) is 16.7 Å². The maximum absolute atomic E-state index is 12.9. The Morgan fingerprint density at radius 2 is 1.74 bits per heavy atom. The van der Waals surface area contributed by atoms with E-state index in [1.165, 1.54) is 18.2 Å². The summed E-state index contributed by atoms with van der Waals surface area (Å²) in [5.74, 6) is 0. The molecule has 0 saturated heterocycles. The Hall–Kier alpha value is -2.47. The largest absolute Gasteiger partial charge is 0.423 e. The van der Waals surface area contributed by atoms with Gasteiger partial charge in [-0.1, -0.05) is 29.8 Å². The molecule has 23 heavy (non-hydrogen) atoms. The molecule has 3 aromatic rings. The number of fused-ring (bicyclic) bond motifs is 1. The topological polar surface area (TPSA) is 42.2 Å². The molecule has 0 saturated carbocycles. The SMILES string of the molecule is O=c1cc(Nc2cccc(C(F)(F)F)c2Cl)c2ccccc2o1. The normalized spacial score (nSPS) is 11.7. The van der Waals surface area contributed by atoms with Crippen molar-refractivity contribution in [3.8, 4) is 0 Å². The van der Waals surface area contributed by atoms with Gasteiger partial charge in [0, 0.05) is 11.5 Å². The van der Waals surface area contributed by atoms with E-state index >= 15 is 0 Å². The fourth-order valence-electron chi connectivity index (χ4n) is 2.21. The molecule has 0 unspecified atom stereocenters. The third kappa shape index (κ3) is 3.03. The highest BCUT2D eigenvalue weighted by Gasteiger charge is 2.33. The molecular formula is C16H9ClF3NO2. The number of nitrogens with one attached hydrogen (secondary N) is 1. The number of benzene rings is 2. The van der Waals surface area contributed by atoms with Gasteiger partial charge >= 0.3 is 11.8 Å². The summed E-state index contributed by atoms with van der Waals surface area (Å²) in [5.41, 5.74) is -0.869. The van der Waals surface area contributed by atoms with Gasteiger partial charge in [0.25, 0.3) is 0 Å². The highest BCUT2D eigenvalue weighted by atomic mass is 35.5. The van der Waals surface area contributed by atoms with Crippen LogP contribution in [0.4, 0.5) is 24.5 Å². The number of rotatable bonds is 2. The first-order valence-electron chi connectivity index (χ1n) is 6.52. The number of halogens is 4. The summed E-state index contributed by atoms with van der Waals surface area (Å²) >= 11 is 5.85. The molecule has 0 bridgehead atoms. The van der Waals surface area contributed by atoms with Crippen molar-refractivity contribution in [3.63, 3.8) is 0 Å². The van der Waals surface area contributed by atoms with Gasteiger partial charge in [0.05, 0.1) is 22.0 Å². The molecular weight excluding hydrogens is 331 g/mol. The molecule has 0 radical (unpaired) electrons. The van der Waals surface area contributed by atoms with Crippen LogP contribution in [0.15, 0.2) is 57.7 Å². The maximum Gasteiger partial charge on any atom is 0.417 e. The molecule has 0 aliphatic carbocycles. The van der Waals surface area contributed by atoms with Gasteiger partial charge in [-0.15, -0.1) is 0 Å². The number of hydrogen-bond acceptors (Lipinski definition) is 3. The molecule has 0 spiro atoms. The summed E-state index contributed by atoms with van der Waals surface area (Å²) in [7, 11) is 0. The summed E-state index contributed by atoms with van der Waals surface area (Å²) in [5, 5.41) is 2.87. The summed E-state index contributed by atoms with van der Waals surface area (Å²) in [6.07, 6.45) is -4.56. The Bertz CT molecular complexity index is 934. The van der Waals surface area contributed by atoms with Crippen LogP contribution in [0.25, 0.3) is 11.0 Å². The average molecular weight is 340 g/mol. The molecule has 1 heterocycles. The minimum atomic E-state index is -4.56. The van der Waals surface area contributed by atoms with E-state index < -0.39 is 22.4 Å². The van der Waals surface area contributed by atoms with Crippen molar-refractivity contribution >= 4 is 33.9 Å². The van der Waals surface area contributed by atoms with Gasteiger partial charge in [-0.25, -0.2) is 4.79 Å². The second-order valence-corrected chi connectivity index (χ2v) is 5.14. The predicted octanol–water partition coefficient (Wildman–Crippen LogP) is 5.21. The van der Waals surface area contributed by atoms with Gasteiger partial charge in [0.1, 0.15) is 5.58 Å². The standard InChI is InChI=1S/C16H9ClF3NO2/c17-15-10(16(18,19)20)5-3-6-11(15)21-12-8-14(22)23-13-7-2-1-4-9(12)13/h1-8,21H. The van der Waals surface area contributed by atoms with Crippen LogP contribution in [0.5, 0.6) is 0 Å². The highest BCUT2D eigenvalue weighted by molar-refractivity contribution is 6.34. The lowest BCUT2D eigenvalue weighted by Gasteiger charge is -2.14. The predicted molar refractivity (Wildman–Crippen MR) is 82.2 cm³/mol. The number of hydrogen-bond donors (Lipinski definition) is 1. The van der Waals surface area contributed by atoms with E-state index in [-0.39, 0.29) is 5.69 Å². The van der Waals surface area contributed by atoms with Crippen LogP contribution in [0, 0.1) is 0 Å². The summed E-state index contributed by atoms with van der Waals surface area (Å²) < 4.78 is 43.8. The number of anilines is 2. The first kappa shape index (κ1) is 15.4. The van der Waals surface area contributed by atoms with Gasteiger partial charge in [-0.2, -0.15) is 13.2 Å². The highest BCUT2D eigenvalue weighted by Crippen LogP contribution is 2.39. The monoisotopic (exact) mass is 339 g/mol. The van der Waals surface area contributed by atoms with Gasteiger partial charge in [-0.05, 0) is 24.3 Å². The van der Waals surface area contributed by atoms with E-state index in [9.17, 15) is 18.0 Å². The zero-order chi connectivity index (χ0) is 16.6. The van der Waals surface area contributed by atoms with E-state index in [1.54, 1.807) is 24.3 Å². The summed E-state index contributed by atoms with van der Waals surface area (Å²) in [6, 6.07) is 11.4. The van der Waals surface area contributed by atoms with Crippen molar-refractivity contribution in [1.29, 1.82) is 0 Å². The van der Waals surface area contributed by atoms with Crippen LogP contribution in [0.3, 0.4) is 0 Å². The third-order valence-electron chi connectivity index (χ3n) is 3.22. The minimum absolute atomic E-state index is 0.0530. The van der Waals surface area contributed by atoms with Crippen molar-refractivity contribution in [2.24, 2.45) is 0 Å². The minimum Gasteiger partial charge on any atom is -0.423 e. The van der Waals surface area contributed by atoms with E-state index in [1.807, 2.05) is 0 Å². The van der Waals surface area contributed by atoms with Crippen molar-refractivity contribution in [2.45, 2.75) is 6.18 Å². The first-order chi connectivity index (χ1) is 10.9. The van der Waals surface area contributed by atoms with Crippen LogP contribution >= 0.6 is 11.6 Å². The lowest BCUT2D eigenvalue weighted by atomic mass is 10.1. The van der Waals surface area contributed by atoms with Crippen LogP contribution in [-0.4, -0.2) is 0 Å². The lowest BCUT2D eigenvalue weighted by molar-refractivity contribution is -0.137. The van der Waals surface area contributed by atoms with Crippen molar-refractivity contribution in [1.82, 2.24) is 0 Å². The number of alkyl halides is 3. The van der Waals surface area contributed by atoms with Gasteiger partial charge in [0.2, 0.25) is 0 Å². The Morgan fingerprint density at radius 3 is 2.48 bits per heavy atom. The van der Waals surface area contributed by atoms with E-state index in [4.69, 9.17) is 16.0 Å². The van der Waals surface area contributed by atoms with Crippen LogP contribution in [0.1, 0.15) is 5.56 Å². The Kier molecular flexibility index (Phi) is 3.77. The van der Waals surface area contributed by atoms with Crippen molar-refractivity contribution < 1.29 is 17.6 Å². The van der Waals surface area contributed by atoms with Crippen molar-refractivity contribution in [2.75, 3.05) is 5.32 Å². The molecule has 118 valence electrons.